The van der Waals surface area contributed by atoms with Gasteiger partial charge < -0.3 is 14.4 Å². The first-order chi connectivity index (χ1) is 11.8. The Kier molecular flexibility index (Phi) is 5.23. The molecule has 0 bridgehead atoms. The van der Waals surface area contributed by atoms with E-state index in [1.54, 1.807) is 6.20 Å². The van der Waals surface area contributed by atoms with Crippen molar-refractivity contribution >= 4 is 0 Å². The maximum Gasteiger partial charge on any atom is 0.139 e. The van der Waals surface area contributed by atoms with Crippen LogP contribution in [0.25, 0.3) is 11.4 Å². The Morgan fingerprint density at radius 3 is 2.71 bits per heavy atom. The minimum absolute atomic E-state index is 0.0547. The fourth-order valence-corrected chi connectivity index (χ4v) is 2.69. The molecule has 0 amide bonds. The molecule has 124 valence electrons. The van der Waals surface area contributed by atoms with Gasteiger partial charge in [0.05, 0.1) is 13.2 Å². The van der Waals surface area contributed by atoms with E-state index in [2.05, 4.69) is 14.5 Å². The number of hydrogen-bond acceptors (Lipinski definition) is 4. The van der Waals surface area contributed by atoms with Crippen LogP contribution in [0, 0.1) is 0 Å². The molecule has 1 N–H and O–H groups in total. The number of nitrogens with zero attached hydrogens (tertiary/aromatic N) is 3. The first kappa shape index (κ1) is 16.2. The van der Waals surface area contributed by atoms with Gasteiger partial charge in [-0.3, -0.25) is 4.98 Å². The van der Waals surface area contributed by atoms with Crippen LogP contribution in [0.5, 0.6) is 5.75 Å². The fourth-order valence-electron chi connectivity index (χ4n) is 2.69. The molecule has 0 radical (unpaired) electrons. The van der Waals surface area contributed by atoms with Crippen LogP contribution in [-0.4, -0.2) is 26.2 Å². The van der Waals surface area contributed by atoms with Gasteiger partial charge in [0, 0.05) is 42.5 Å². The van der Waals surface area contributed by atoms with Gasteiger partial charge in [0.15, 0.2) is 0 Å². The van der Waals surface area contributed by atoms with Gasteiger partial charge in [-0.25, -0.2) is 4.98 Å². The van der Waals surface area contributed by atoms with Gasteiger partial charge in [-0.15, -0.1) is 0 Å². The van der Waals surface area contributed by atoms with Gasteiger partial charge in [0.1, 0.15) is 11.6 Å². The van der Waals surface area contributed by atoms with Crippen LogP contribution in [0.4, 0.5) is 0 Å². The fraction of sp³-hybridized carbons (Fsp3) is 0.263. The number of ether oxygens (including phenoxy) is 1. The molecule has 5 heteroatoms. The SMILES string of the molecule is CCOc1ccc(-c2nccn2CCc2ccncc2)cc1CO. The molecule has 5 nitrogen and oxygen atoms in total. The summed E-state index contributed by atoms with van der Waals surface area (Å²) in [6.45, 7) is 3.29. The molecule has 0 atom stereocenters. The summed E-state index contributed by atoms with van der Waals surface area (Å²) in [4.78, 5) is 8.52. The Balaban J connectivity index is 1.82. The lowest BCUT2D eigenvalue weighted by atomic mass is 10.1. The van der Waals surface area contributed by atoms with E-state index in [9.17, 15) is 5.11 Å². The van der Waals surface area contributed by atoms with Crippen molar-refractivity contribution in [3.05, 3.63) is 66.2 Å². The zero-order valence-corrected chi connectivity index (χ0v) is 13.7. The van der Waals surface area contributed by atoms with E-state index < -0.39 is 0 Å². The maximum absolute atomic E-state index is 9.58. The number of benzene rings is 1. The summed E-state index contributed by atoms with van der Waals surface area (Å²) in [5, 5.41) is 9.58. The van der Waals surface area contributed by atoms with Crippen molar-refractivity contribution in [3.63, 3.8) is 0 Å². The largest absolute Gasteiger partial charge is 0.494 e. The number of aryl methyl sites for hydroxylation is 2. The molecule has 0 aliphatic rings. The van der Waals surface area contributed by atoms with E-state index in [-0.39, 0.29) is 6.61 Å². The summed E-state index contributed by atoms with van der Waals surface area (Å²) in [6.07, 6.45) is 8.31. The summed E-state index contributed by atoms with van der Waals surface area (Å²) < 4.78 is 7.66. The zero-order valence-electron chi connectivity index (χ0n) is 13.7. The van der Waals surface area contributed by atoms with Crippen LogP contribution in [0.2, 0.25) is 0 Å². The number of rotatable bonds is 7. The monoisotopic (exact) mass is 323 g/mol. The quantitative estimate of drug-likeness (QED) is 0.726. The highest BCUT2D eigenvalue weighted by Gasteiger charge is 2.10. The standard InChI is InChI=1S/C19H21N3O2/c1-2-24-18-4-3-16(13-17(18)14-23)19-21-10-12-22(19)11-7-15-5-8-20-9-6-15/h3-6,8-10,12-13,23H,2,7,11,14H2,1H3. The molecule has 0 aliphatic heterocycles. The van der Waals surface area contributed by atoms with Crippen LogP contribution in [0.1, 0.15) is 18.1 Å². The van der Waals surface area contributed by atoms with Crippen molar-refractivity contribution in [3.8, 4) is 17.1 Å². The average molecular weight is 323 g/mol. The summed E-state index contributed by atoms with van der Waals surface area (Å²) in [5.41, 5.74) is 2.99. The number of aliphatic hydroxyl groups is 1. The molecule has 0 unspecified atom stereocenters. The van der Waals surface area contributed by atoms with Gasteiger partial charge in [0.25, 0.3) is 0 Å². The third-order valence-electron chi connectivity index (χ3n) is 3.90. The number of aromatic nitrogens is 3. The van der Waals surface area contributed by atoms with Crippen molar-refractivity contribution in [2.45, 2.75) is 26.5 Å². The average Bonchev–Trinajstić information content (AvgIpc) is 3.10. The first-order valence-corrected chi connectivity index (χ1v) is 8.08. The first-order valence-electron chi connectivity index (χ1n) is 8.08. The molecule has 1 aromatic carbocycles. The Morgan fingerprint density at radius 2 is 1.96 bits per heavy atom. The maximum atomic E-state index is 9.58. The molecule has 24 heavy (non-hydrogen) atoms. The molecular formula is C19H21N3O2. The van der Waals surface area contributed by atoms with Crippen LogP contribution in [0.15, 0.2) is 55.1 Å². The lowest BCUT2D eigenvalue weighted by molar-refractivity contribution is 0.267. The van der Waals surface area contributed by atoms with Gasteiger partial charge in [-0.1, -0.05) is 0 Å². The smallest absolute Gasteiger partial charge is 0.139 e. The number of imidazole rings is 1. The molecule has 2 heterocycles. The lowest BCUT2D eigenvalue weighted by Crippen LogP contribution is -2.03. The molecule has 3 rings (SSSR count). The minimum Gasteiger partial charge on any atom is -0.494 e. The van der Waals surface area contributed by atoms with Crippen LogP contribution >= 0.6 is 0 Å². The number of pyridine rings is 1. The third kappa shape index (κ3) is 3.63. The third-order valence-corrected chi connectivity index (χ3v) is 3.90. The molecule has 0 fully saturated rings. The summed E-state index contributed by atoms with van der Waals surface area (Å²) in [6, 6.07) is 9.87. The van der Waals surface area contributed by atoms with E-state index in [1.165, 1.54) is 5.56 Å². The van der Waals surface area contributed by atoms with Crippen molar-refractivity contribution in [2.75, 3.05) is 6.61 Å². The second kappa shape index (κ2) is 7.75. The summed E-state index contributed by atoms with van der Waals surface area (Å²) in [7, 11) is 0. The Morgan fingerprint density at radius 1 is 1.12 bits per heavy atom. The normalized spacial score (nSPS) is 10.8. The van der Waals surface area contributed by atoms with Crippen molar-refractivity contribution in [2.24, 2.45) is 0 Å². The highest BCUT2D eigenvalue weighted by Crippen LogP contribution is 2.26. The Hall–Kier alpha value is -2.66. The lowest BCUT2D eigenvalue weighted by Gasteiger charge is -2.12. The van der Waals surface area contributed by atoms with E-state index in [1.807, 2.05) is 55.8 Å². The molecule has 0 spiro atoms. The van der Waals surface area contributed by atoms with Crippen molar-refractivity contribution in [1.82, 2.24) is 14.5 Å². The molecule has 0 saturated heterocycles. The molecule has 3 aromatic rings. The topological polar surface area (TPSA) is 60.2 Å². The Bertz CT molecular complexity index is 784. The summed E-state index contributed by atoms with van der Waals surface area (Å²) >= 11 is 0. The van der Waals surface area contributed by atoms with Crippen LogP contribution in [-0.2, 0) is 19.6 Å². The van der Waals surface area contributed by atoms with Crippen LogP contribution < -0.4 is 4.74 Å². The van der Waals surface area contributed by atoms with E-state index in [0.29, 0.717) is 6.61 Å². The van der Waals surface area contributed by atoms with Crippen molar-refractivity contribution < 1.29 is 9.84 Å². The van der Waals surface area contributed by atoms with Crippen LogP contribution in [0.3, 0.4) is 0 Å². The second-order valence-corrected chi connectivity index (χ2v) is 5.46. The van der Waals surface area contributed by atoms with Gasteiger partial charge >= 0.3 is 0 Å². The summed E-state index contributed by atoms with van der Waals surface area (Å²) in [5.74, 6) is 1.61. The van der Waals surface area contributed by atoms with E-state index in [0.717, 1.165) is 35.7 Å². The molecule has 0 aliphatic carbocycles. The number of aliphatic hydroxyl groups excluding tert-OH is 1. The van der Waals surface area contributed by atoms with Gasteiger partial charge in [-0.2, -0.15) is 0 Å². The van der Waals surface area contributed by atoms with Gasteiger partial charge in [0.2, 0.25) is 0 Å². The minimum atomic E-state index is -0.0547. The molecular weight excluding hydrogens is 302 g/mol. The highest BCUT2D eigenvalue weighted by molar-refractivity contribution is 5.59. The number of hydrogen-bond donors (Lipinski definition) is 1. The predicted octanol–water partition coefficient (Wildman–Crippen LogP) is 3.08. The second-order valence-electron chi connectivity index (χ2n) is 5.46. The zero-order chi connectivity index (χ0) is 16.8. The van der Waals surface area contributed by atoms with Crippen molar-refractivity contribution in [1.29, 1.82) is 0 Å². The van der Waals surface area contributed by atoms with E-state index >= 15 is 0 Å². The highest BCUT2D eigenvalue weighted by atomic mass is 16.5. The molecule has 0 saturated carbocycles. The van der Waals surface area contributed by atoms with Gasteiger partial charge in [-0.05, 0) is 49.2 Å². The van der Waals surface area contributed by atoms with E-state index in [4.69, 9.17) is 4.74 Å². The predicted molar refractivity (Wildman–Crippen MR) is 92.7 cm³/mol. The molecule has 2 aromatic heterocycles. The Labute approximate surface area is 141 Å².